The number of rotatable bonds is 2. The van der Waals surface area contributed by atoms with Gasteiger partial charge in [-0.25, -0.2) is 13.6 Å². The Kier molecular flexibility index (Phi) is 3.46. The van der Waals surface area contributed by atoms with Crippen molar-refractivity contribution in [3.63, 3.8) is 0 Å². The second-order valence-electron chi connectivity index (χ2n) is 3.94. The van der Waals surface area contributed by atoms with Crippen molar-refractivity contribution in [3.8, 4) is 0 Å². The number of halogens is 2. The Labute approximate surface area is 107 Å². The molecular weight excluding hydrogens is 258 g/mol. The van der Waals surface area contributed by atoms with Crippen LogP contribution in [0.15, 0.2) is 24.4 Å². The molecule has 7 heteroatoms. The van der Waals surface area contributed by atoms with E-state index in [0.717, 1.165) is 12.1 Å². The van der Waals surface area contributed by atoms with E-state index in [4.69, 9.17) is 5.11 Å². The maximum atomic E-state index is 13.8. The van der Waals surface area contributed by atoms with Crippen LogP contribution in [0.2, 0.25) is 0 Å². The zero-order valence-corrected chi connectivity index (χ0v) is 9.69. The zero-order chi connectivity index (χ0) is 14.0. The average molecular weight is 268 g/mol. The van der Waals surface area contributed by atoms with Crippen LogP contribution in [0.3, 0.4) is 0 Å². The van der Waals surface area contributed by atoms with E-state index in [1.165, 1.54) is 17.2 Å². The van der Waals surface area contributed by atoms with E-state index in [-0.39, 0.29) is 30.1 Å². The van der Waals surface area contributed by atoms with Crippen molar-refractivity contribution in [3.05, 3.63) is 36.0 Å². The molecule has 0 spiro atoms. The van der Waals surface area contributed by atoms with E-state index >= 15 is 0 Å². The molecule has 100 valence electrons. The molecule has 0 bridgehead atoms. The highest BCUT2D eigenvalue weighted by Gasteiger charge is 2.20. The molecule has 0 aliphatic carbocycles. The fourth-order valence-corrected chi connectivity index (χ4v) is 1.78. The summed E-state index contributed by atoms with van der Waals surface area (Å²) < 4.78 is 27.6. The molecule has 19 heavy (non-hydrogen) atoms. The lowest BCUT2D eigenvalue weighted by molar-refractivity contribution is -0.114. The molecule has 0 saturated carbocycles. The summed E-state index contributed by atoms with van der Waals surface area (Å²) in [5.41, 5.74) is -0.497. The Hall–Kier alpha value is -2.44. The van der Waals surface area contributed by atoms with Gasteiger partial charge in [0, 0.05) is 24.9 Å². The van der Waals surface area contributed by atoms with Crippen LogP contribution < -0.4 is 10.2 Å². The number of hydrogen-bond acceptors (Lipinski definition) is 3. The van der Waals surface area contributed by atoms with Gasteiger partial charge in [0.2, 0.25) is 0 Å². The lowest BCUT2D eigenvalue weighted by Gasteiger charge is -2.24. The van der Waals surface area contributed by atoms with Crippen molar-refractivity contribution in [1.82, 2.24) is 0 Å². The number of ketones is 1. The SMILES string of the molecule is O=C1C=CN(c2c(F)cc(NC(=O)O)cc2F)CC1. The first-order valence-corrected chi connectivity index (χ1v) is 5.44. The highest BCUT2D eigenvalue weighted by molar-refractivity contribution is 5.92. The van der Waals surface area contributed by atoms with Gasteiger partial charge in [-0.15, -0.1) is 0 Å². The molecular formula is C12H10F2N2O3. The topological polar surface area (TPSA) is 69.6 Å². The summed E-state index contributed by atoms with van der Waals surface area (Å²) in [6.07, 6.45) is 1.31. The van der Waals surface area contributed by atoms with Crippen molar-refractivity contribution < 1.29 is 23.5 Å². The second kappa shape index (κ2) is 5.05. The van der Waals surface area contributed by atoms with Crippen LogP contribution in [0.25, 0.3) is 0 Å². The molecule has 1 aromatic carbocycles. The van der Waals surface area contributed by atoms with E-state index in [2.05, 4.69) is 0 Å². The number of nitrogens with zero attached hydrogens (tertiary/aromatic N) is 1. The van der Waals surface area contributed by atoms with Crippen molar-refractivity contribution >= 4 is 23.3 Å². The zero-order valence-electron chi connectivity index (χ0n) is 9.69. The maximum Gasteiger partial charge on any atom is 0.409 e. The molecule has 2 N–H and O–H groups in total. The molecule has 0 saturated heterocycles. The number of amides is 1. The Bertz CT molecular complexity index is 549. The van der Waals surface area contributed by atoms with E-state index in [1.807, 2.05) is 5.32 Å². The molecule has 1 heterocycles. The van der Waals surface area contributed by atoms with Crippen LogP contribution in [-0.4, -0.2) is 23.5 Å². The number of allylic oxidation sites excluding steroid dienone is 1. The van der Waals surface area contributed by atoms with Crippen LogP contribution in [0.5, 0.6) is 0 Å². The smallest absolute Gasteiger partial charge is 0.409 e. The van der Waals surface area contributed by atoms with Crippen LogP contribution in [0.1, 0.15) is 6.42 Å². The molecule has 0 atom stereocenters. The fraction of sp³-hybridized carbons (Fsp3) is 0.167. The first kappa shape index (κ1) is 13.0. The van der Waals surface area contributed by atoms with Crippen LogP contribution in [-0.2, 0) is 4.79 Å². The van der Waals surface area contributed by atoms with Crippen LogP contribution in [0.4, 0.5) is 25.0 Å². The minimum absolute atomic E-state index is 0.110. The third-order valence-electron chi connectivity index (χ3n) is 2.59. The number of benzene rings is 1. The summed E-state index contributed by atoms with van der Waals surface area (Å²) in [5, 5.41) is 10.4. The average Bonchev–Trinajstić information content (AvgIpc) is 2.29. The highest BCUT2D eigenvalue weighted by atomic mass is 19.1. The second-order valence-corrected chi connectivity index (χ2v) is 3.94. The van der Waals surface area contributed by atoms with E-state index < -0.39 is 17.7 Å². The lowest BCUT2D eigenvalue weighted by Crippen LogP contribution is -2.26. The fourth-order valence-electron chi connectivity index (χ4n) is 1.78. The number of carbonyl (C=O) groups is 2. The minimum Gasteiger partial charge on any atom is -0.465 e. The van der Waals surface area contributed by atoms with Gasteiger partial charge < -0.3 is 10.0 Å². The summed E-state index contributed by atoms with van der Waals surface area (Å²) in [7, 11) is 0. The van der Waals surface area contributed by atoms with Crippen LogP contribution in [0, 0.1) is 11.6 Å². The molecule has 1 aliphatic rings. The van der Waals surface area contributed by atoms with Gasteiger partial charge in [0.05, 0.1) is 0 Å². The number of nitrogens with one attached hydrogen (secondary N) is 1. The van der Waals surface area contributed by atoms with Crippen molar-refractivity contribution in [2.45, 2.75) is 6.42 Å². The predicted octanol–water partition coefficient (Wildman–Crippen LogP) is 2.35. The summed E-state index contributed by atoms with van der Waals surface area (Å²) in [4.78, 5) is 22.7. The molecule has 5 nitrogen and oxygen atoms in total. The third kappa shape index (κ3) is 2.87. The number of carboxylic acid groups (broad SMARTS) is 1. The van der Waals surface area contributed by atoms with Gasteiger partial charge in [0.25, 0.3) is 0 Å². The maximum absolute atomic E-state index is 13.8. The normalized spacial score (nSPS) is 14.6. The number of anilines is 2. The van der Waals surface area contributed by atoms with E-state index in [9.17, 15) is 18.4 Å². The van der Waals surface area contributed by atoms with Gasteiger partial charge in [-0.3, -0.25) is 10.1 Å². The Morgan fingerprint density at radius 2 is 1.95 bits per heavy atom. The monoisotopic (exact) mass is 268 g/mol. The predicted molar refractivity (Wildman–Crippen MR) is 64.1 cm³/mol. The van der Waals surface area contributed by atoms with Crippen LogP contribution >= 0.6 is 0 Å². The summed E-state index contributed by atoms with van der Waals surface area (Å²) >= 11 is 0. The van der Waals surface area contributed by atoms with Gasteiger partial charge in [-0.1, -0.05) is 0 Å². The molecule has 1 amide bonds. The van der Waals surface area contributed by atoms with Gasteiger partial charge in [-0.05, 0) is 18.2 Å². The van der Waals surface area contributed by atoms with E-state index in [0.29, 0.717) is 0 Å². The number of carbonyl (C=O) groups excluding carboxylic acids is 1. The lowest BCUT2D eigenvalue weighted by atomic mass is 10.1. The highest BCUT2D eigenvalue weighted by Crippen LogP contribution is 2.28. The molecule has 0 aromatic heterocycles. The summed E-state index contributed by atoms with van der Waals surface area (Å²) in [6, 6.07) is 1.77. The summed E-state index contributed by atoms with van der Waals surface area (Å²) in [5.74, 6) is -1.91. The van der Waals surface area contributed by atoms with E-state index in [1.54, 1.807) is 0 Å². The first-order chi connectivity index (χ1) is 8.97. The Morgan fingerprint density at radius 1 is 1.32 bits per heavy atom. The van der Waals surface area contributed by atoms with Crippen molar-refractivity contribution in [2.75, 3.05) is 16.8 Å². The van der Waals surface area contributed by atoms with Gasteiger partial charge in [0.15, 0.2) is 17.4 Å². The quantitative estimate of drug-likeness (QED) is 0.863. The number of hydrogen-bond donors (Lipinski definition) is 2. The van der Waals surface area contributed by atoms with Gasteiger partial charge in [-0.2, -0.15) is 0 Å². The molecule has 0 radical (unpaired) electrons. The molecule has 0 unspecified atom stereocenters. The van der Waals surface area contributed by atoms with Crippen molar-refractivity contribution in [1.29, 1.82) is 0 Å². The van der Waals surface area contributed by atoms with Crippen molar-refractivity contribution in [2.24, 2.45) is 0 Å². The molecule has 0 fully saturated rings. The summed E-state index contributed by atoms with van der Waals surface area (Å²) in [6.45, 7) is 0.175. The molecule has 1 aromatic rings. The molecule has 1 aliphatic heterocycles. The first-order valence-electron chi connectivity index (χ1n) is 5.44. The standard InChI is InChI=1S/C12H10F2N2O3/c13-9-5-7(15-12(18)19)6-10(14)11(9)16-3-1-8(17)2-4-16/h1,3,5-6,15H,2,4H2,(H,18,19). The Morgan fingerprint density at radius 3 is 2.42 bits per heavy atom. The van der Waals surface area contributed by atoms with Gasteiger partial charge >= 0.3 is 6.09 Å². The largest absolute Gasteiger partial charge is 0.465 e. The third-order valence-corrected chi connectivity index (χ3v) is 2.59. The minimum atomic E-state index is -1.41. The molecule has 2 rings (SSSR count). The Balaban J connectivity index is 2.34. The van der Waals surface area contributed by atoms with Gasteiger partial charge in [0.1, 0.15) is 5.69 Å².